The number of furan rings is 1. The molecule has 3 heterocycles. The Balaban J connectivity index is 1.40. The summed E-state index contributed by atoms with van der Waals surface area (Å²) < 4.78 is 5.70. The Morgan fingerprint density at radius 3 is 2.77 bits per heavy atom. The molecule has 0 saturated carbocycles. The van der Waals surface area contributed by atoms with Gasteiger partial charge >= 0.3 is 0 Å². The van der Waals surface area contributed by atoms with Gasteiger partial charge in [0.1, 0.15) is 17.5 Å². The van der Waals surface area contributed by atoms with E-state index in [9.17, 15) is 14.4 Å². The third-order valence-corrected chi connectivity index (χ3v) is 6.40. The number of hydrogen-bond donors (Lipinski definition) is 2. The lowest BCUT2D eigenvalue weighted by molar-refractivity contribution is -0.120. The molecule has 2 aromatic heterocycles. The van der Waals surface area contributed by atoms with Crippen molar-refractivity contribution >= 4 is 46.0 Å². The topological polar surface area (TPSA) is 105 Å². The highest BCUT2D eigenvalue weighted by Crippen LogP contribution is 2.28. The number of anilines is 1. The predicted octanol–water partition coefficient (Wildman–Crippen LogP) is 3.19. The number of benzene rings is 1. The Kier molecular flexibility index (Phi) is 6.38. The van der Waals surface area contributed by atoms with Gasteiger partial charge in [-0.1, -0.05) is 18.2 Å². The van der Waals surface area contributed by atoms with E-state index < -0.39 is 6.04 Å². The van der Waals surface area contributed by atoms with Crippen LogP contribution in [-0.2, 0) is 16.1 Å². The minimum absolute atomic E-state index is 0.138. The van der Waals surface area contributed by atoms with Gasteiger partial charge in [-0.25, -0.2) is 4.98 Å². The number of thiazole rings is 1. The fourth-order valence-corrected chi connectivity index (χ4v) is 4.92. The molecule has 160 valence electrons. The minimum Gasteiger partial charge on any atom is -0.458 e. The van der Waals surface area contributed by atoms with Crippen LogP contribution in [-0.4, -0.2) is 45.3 Å². The van der Waals surface area contributed by atoms with Gasteiger partial charge in [-0.2, -0.15) is 0 Å². The fraction of sp³-hybridized carbons (Fsp3) is 0.238. The third kappa shape index (κ3) is 4.97. The normalized spacial score (nSPS) is 15.6. The van der Waals surface area contributed by atoms with Crippen molar-refractivity contribution in [3.8, 4) is 11.5 Å². The lowest BCUT2D eigenvalue weighted by Gasteiger charge is -2.22. The number of carbonyl (C=O) groups is 3. The van der Waals surface area contributed by atoms with Gasteiger partial charge in [-0.05, 0) is 24.3 Å². The molecule has 1 fully saturated rings. The van der Waals surface area contributed by atoms with E-state index in [1.54, 1.807) is 58.4 Å². The van der Waals surface area contributed by atoms with Crippen LogP contribution in [0.1, 0.15) is 23.0 Å². The van der Waals surface area contributed by atoms with Crippen molar-refractivity contribution in [3.63, 3.8) is 0 Å². The second-order valence-electron chi connectivity index (χ2n) is 6.86. The van der Waals surface area contributed by atoms with E-state index in [0.29, 0.717) is 46.1 Å². The van der Waals surface area contributed by atoms with Crippen molar-refractivity contribution in [1.29, 1.82) is 0 Å². The van der Waals surface area contributed by atoms with E-state index in [4.69, 9.17) is 4.42 Å². The standard InChI is InChI=1S/C21H20N4O4S2/c1-13(26)22-9-15-7-8-18(29-15)16-10-31-21(23-16)24-19(27)17-11-30-12-25(17)20(28)14-5-3-2-4-6-14/h2-8,10,17H,9,11-12H2,1H3,(H,22,26)(H,23,24,27)/t17-/m0/s1. The summed E-state index contributed by atoms with van der Waals surface area (Å²) in [6.07, 6.45) is 0. The van der Waals surface area contributed by atoms with E-state index in [2.05, 4.69) is 15.6 Å². The number of nitrogens with one attached hydrogen (secondary N) is 2. The molecule has 1 aliphatic heterocycles. The number of aromatic nitrogens is 1. The molecule has 31 heavy (non-hydrogen) atoms. The summed E-state index contributed by atoms with van der Waals surface area (Å²) in [5, 5.41) is 7.71. The average Bonchev–Trinajstić information content (AvgIpc) is 3.52. The highest BCUT2D eigenvalue weighted by molar-refractivity contribution is 7.99. The molecule has 1 atom stereocenters. The fourth-order valence-electron chi connectivity index (χ4n) is 3.06. The molecular formula is C21H20N4O4S2. The van der Waals surface area contributed by atoms with Crippen LogP contribution in [0.4, 0.5) is 5.13 Å². The molecule has 1 aliphatic rings. The molecule has 3 amide bonds. The van der Waals surface area contributed by atoms with Crippen LogP contribution in [0.3, 0.4) is 0 Å². The maximum atomic E-state index is 12.8. The number of hydrogen-bond acceptors (Lipinski definition) is 7. The summed E-state index contributed by atoms with van der Waals surface area (Å²) in [5.41, 5.74) is 1.15. The number of nitrogens with zero attached hydrogens (tertiary/aromatic N) is 2. The zero-order chi connectivity index (χ0) is 21.8. The Bertz CT molecular complexity index is 1100. The number of carbonyl (C=O) groups excluding carboxylic acids is 3. The van der Waals surface area contributed by atoms with Crippen molar-refractivity contribution in [2.24, 2.45) is 0 Å². The van der Waals surface area contributed by atoms with Gasteiger partial charge in [0.25, 0.3) is 5.91 Å². The van der Waals surface area contributed by atoms with Gasteiger partial charge in [0.2, 0.25) is 11.8 Å². The van der Waals surface area contributed by atoms with Gasteiger partial charge in [0.15, 0.2) is 10.9 Å². The minimum atomic E-state index is -0.557. The van der Waals surface area contributed by atoms with E-state index >= 15 is 0 Å². The Labute approximate surface area is 187 Å². The molecule has 1 saturated heterocycles. The molecule has 0 aliphatic carbocycles. The first-order valence-corrected chi connectivity index (χ1v) is 11.6. The molecule has 10 heteroatoms. The summed E-state index contributed by atoms with van der Waals surface area (Å²) in [5.74, 6) is 1.61. The molecular weight excluding hydrogens is 436 g/mol. The summed E-state index contributed by atoms with van der Waals surface area (Å²) >= 11 is 2.83. The first-order chi connectivity index (χ1) is 15.0. The van der Waals surface area contributed by atoms with Crippen LogP contribution >= 0.6 is 23.1 Å². The van der Waals surface area contributed by atoms with Crippen LogP contribution in [0.25, 0.3) is 11.5 Å². The molecule has 0 radical (unpaired) electrons. The monoisotopic (exact) mass is 456 g/mol. The average molecular weight is 457 g/mol. The number of rotatable bonds is 6. The van der Waals surface area contributed by atoms with Gasteiger partial charge in [-0.3, -0.25) is 14.4 Å². The summed E-state index contributed by atoms with van der Waals surface area (Å²) in [6, 6.07) is 11.9. The summed E-state index contributed by atoms with van der Waals surface area (Å²) in [4.78, 5) is 42.7. The predicted molar refractivity (Wildman–Crippen MR) is 120 cm³/mol. The Morgan fingerprint density at radius 2 is 2.00 bits per heavy atom. The second-order valence-corrected chi connectivity index (χ2v) is 8.72. The third-order valence-electron chi connectivity index (χ3n) is 4.63. The zero-order valence-electron chi connectivity index (χ0n) is 16.7. The molecule has 8 nitrogen and oxygen atoms in total. The number of amides is 3. The van der Waals surface area contributed by atoms with Gasteiger partial charge in [-0.15, -0.1) is 23.1 Å². The number of thioether (sulfide) groups is 1. The second kappa shape index (κ2) is 9.36. The van der Waals surface area contributed by atoms with Crippen LogP contribution in [0.2, 0.25) is 0 Å². The van der Waals surface area contributed by atoms with Crippen molar-refractivity contribution in [1.82, 2.24) is 15.2 Å². The molecule has 4 rings (SSSR count). The smallest absolute Gasteiger partial charge is 0.255 e. The zero-order valence-corrected chi connectivity index (χ0v) is 18.3. The molecule has 2 N–H and O–H groups in total. The molecule has 0 spiro atoms. The maximum Gasteiger partial charge on any atom is 0.255 e. The SMILES string of the molecule is CC(=O)NCc1ccc(-c2csc(NC(=O)[C@@H]3CSCN3C(=O)c3ccccc3)n2)o1. The van der Waals surface area contributed by atoms with Crippen LogP contribution < -0.4 is 10.6 Å². The van der Waals surface area contributed by atoms with E-state index in [-0.39, 0.29) is 17.7 Å². The van der Waals surface area contributed by atoms with Gasteiger partial charge in [0.05, 0.1) is 12.4 Å². The molecule has 0 unspecified atom stereocenters. The molecule has 1 aromatic carbocycles. The van der Waals surface area contributed by atoms with Gasteiger partial charge in [0, 0.05) is 23.6 Å². The lowest BCUT2D eigenvalue weighted by atomic mass is 10.1. The summed E-state index contributed by atoms with van der Waals surface area (Å²) in [6.45, 7) is 1.74. The highest BCUT2D eigenvalue weighted by atomic mass is 32.2. The largest absolute Gasteiger partial charge is 0.458 e. The molecule has 0 bridgehead atoms. The van der Waals surface area contributed by atoms with Crippen LogP contribution in [0, 0.1) is 0 Å². The van der Waals surface area contributed by atoms with Crippen molar-refractivity contribution < 1.29 is 18.8 Å². The van der Waals surface area contributed by atoms with E-state index in [1.165, 1.54) is 18.3 Å². The summed E-state index contributed by atoms with van der Waals surface area (Å²) in [7, 11) is 0. The van der Waals surface area contributed by atoms with Crippen LogP contribution in [0.5, 0.6) is 0 Å². The lowest BCUT2D eigenvalue weighted by Crippen LogP contribution is -2.44. The quantitative estimate of drug-likeness (QED) is 0.590. The van der Waals surface area contributed by atoms with Crippen LogP contribution in [0.15, 0.2) is 52.3 Å². The highest BCUT2D eigenvalue weighted by Gasteiger charge is 2.35. The van der Waals surface area contributed by atoms with Crippen molar-refractivity contribution in [2.45, 2.75) is 19.5 Å². The Morgan fingerprint density at radius 1 is 1.19 bits per heavy atom. The van der Waals surface area contributed by atoms with Crippen molar-refractivity contribution in [3.05, 3.63) is 59.2 Å². The van der Waals surface area contributed by atoms with E-state index in [0.717, 1.165) is 0 Å². The van der Waals surface area contributed by atoms with Gasteiger partial charge < -0.3 is 20.0 Å². The Hall–Kier alpha value is -3.11. The molecule has 3 aromatic rings. The first kappa shape index (κ1) is 21.1. The first-order valence-electron chi connectivity index (χ1n) is 9.55. The van der Waals surface area contributed by atoms with Crippen molar-refractivity contribution in [2.75, 3.05) is 16.9 Å². The maximum absolute atomic E-state index is 12.8. The van der Waals surface area contributed by atoms with E-state index in [1.807, 2.05) is 6.07 Å².